The number of sulfonamides is 1. The standard InChI is InChI=1S/C19H30F2N4O4S.HI/c1-15(2)28-12-13-30(26,27)25-9-7-24(8-10-25)19(22-3)23-6-11-29-18-5-4-16(20)14-17(18)21;/h4-5,14-15H,6-13H2,1-3H3,(H,22,23);1H. The molecule has 12 heteroatoms. The molecule has 1 N–H and O–H groups in total. The van der Waals surface area contributed by atoms with Gasteiger partial charge in [0.15, 0.2) is 17.5 Å². The van der Waals surface area contributed by atoms with E-state index in [1.54, 1.807) is 7.05 Å². The molecule has 1 saturated heterocycles. The van der Waals surface area contributed by atoms with Crippen LogP contribution >= 0.6 is 24.0 Å². The maximum Gasteiger partial charge on any atom is 0.216 e. The van der Waals surface area contributed by atoms with E-state index < -0.39 is 21.7 Å². The van der Waals surface area contributed by atoms with E-state index in [9.17, 15) is 17.2 Å². The maximum atomic E-state index is 13.6. The van der Waals surface area contributed by atoms with Crippen molar-refractivity contribution in [2.75, 3.05) is 58.7 Å². The highest BCUT2D eigenvalue weighted by Crippen LogP contribution is 2.17. The van der Waals surface area contributed by atoms with Crippen LogP contribution < -0.4 is 10.1 Å². The Bertz CT molecular complexity index is 819. The van der Waals surface area contributed by atoms with Crippen LogP contribution in [0.1, 0.15) is 13.8 Å². The van der Waals surface area contributed by atoms with Gasteiger partial charge >= 0.3 is 0 Å². The Balaban J connectivity index is 0.00000480. The highest BCUT2D eigenvalue weighted by molar-refractivity contribution is 14.0. The van der Waals surface area contributed by atoms with Gasteiger partial charge in [-0.3, -0.25) is 4.99 Å². The van der Waals surface area contributed by atoms with Crippen molar-refractivity contribution in [3.63, 3.8) is 0 Å². The molecule has 1 heterocycles. The van der Waals surface area contributed by atoms with Crippen LogP contribution in [0.3, 0.4) is 0 Å². The van der Waals surface area contributed by atoms with Crippen molar-refractivity contribution < 1.29 is 26.7 Å². The van der Waals surface area contributed by atoms with Crippen molar-refractivity contribution in [2.45, 2.75) is 20.0 Å². The number of piperazine rings is 1. The molecular formula is C19H31F2IN4O4S. The van der Waals surface area contributed by atoms with E-state index >= 15 is 0 Å². The minimum absolute atomic E-state index is 0. The molecule has 0 spiro atoms. The third-order valence-corrected chi connectivity index (χ3v) is 6.31. The summed E-state index contributed by atoms with van der Waals surface area (Å²) in [5.41, 5.74) is 0. The number of halogens is 3. The largest absolute Gasteiger partial charge is 0.489 e. The van der Waals surface area contributed by atoms with Gasteiger partial charge in [-0.25, -0.2) is 17.2 Å². The van der Waals surface area contributed by atoms with Crippen LogP contribution in [0.5, 0.6) is 5.75 Å². The first-order valence-electron chi connectivity index (χ1n) is 9.86. The van der Waals surface area contributed by atoms with Crippen LogP contribution in [0.15, 0.2) is 23.2 Å². The van der Waals surface area contributed by atoms with Crippen LogP contribution in [0.4, 0.5) is 8.78 Å². The first kappa shape index (κ1) is 27.8. The van der Waals surface area contributed by atoms with Gasteiger partial charge in [0.05, 0.1) is 25.0 Å². The average molecular weight is 576 g/mol. The molecule has 0 unspecified atom stereocenters. The van der Waals surface area contributed by atoms with E-state index in [0.29, 0.717) is 38.7 Å². The van der Waals surface area contributed by atoms with Crippen LogP contribution in [-0.4, -0.2) is 88.4 Å². The molecule has 31 heavy (non-hydrogen) atoms. The molecule has 0 radical (unpaired) electrons. The van der Waals surface area contributed by atoms with Crippen LogP contribution in [0.25, 0.3) is 0 Å². The summed E-state index contributed by atoms with van der Waals surface area (Å²) in [5, 5.41) is 3.11. The van der Waals surface area contributed by atoms with Gasteiger partial charge in [-0.1, -0.05) is 0 Å². The van der Waals surface area contributed by atoms with Gasteiger partial charge in [0.2, 0.25) is 10.0 Å². The number of rotatable bonds is 9. The van der Waals surface area contributed by atoms with Gasteiger partial charge in [0.25, 0.3) is 0 Å². The highest BCUT2D eigenvalue weighted by Gasteiger charge is 2.27. The molecule has 0 amide bonds. The lowest BCUT2D eigenvalue weighted by Gasteiger charge is -2.35. The third kappa shape index (κ3) is 9.02. The van der Waals surface area contributed by atoms with Gasteiger partial charge < -0.3 is 19.7 Å². The van der Waals surface area contributed by atoms with Crippen LogP contribution in [-0.2, 0) is 14.8 Å². The minimum Gasteiger partial charge on any atom is -0.489 e. The van der Waals surface area contributed by atoms with Crippen molar-refractivity contribution >= 4 is 40.0 Å². The summed E-state index contributed by atoms with van der Waals surface area (Å²) in [6, 6.07) is 3.14. The Kier molecular flexibility index (Phi) is 11.9. The van der Waals surface area contributed by atoms with Crippen molar-refractivity contribution in [3.8, 4) is 5.75 Å². The number of hydrogen-bond donors (Lipinski definition) is 1. The summed E-state index contributed by atoms with van der Waals surface area (Å²) in [5.74, 6) is -0.857. The monoisotopic (exact) mass is 576 g/mol. The second-order valence-electron chi connectivity index (χ2n) is 7.02. The van der Waals surface area contributed by atoms with Gasteiger partial charge in [-0.2, -0.15) is 4.31 Å². The molecular weight excluding hydrogens is 545 g/mol. The van der Waals surface area contributed by atoms with Gasteiger partial charge in [-0.15, -0.1) is 24.0 Å². The summed E-state index contributed by atoms with van der Waals surface area (Å²) in [4.78, 5) is 6.16. The molecule has 0 bridgehead atoms. The molecule has 1 aromatic carbocycles. The van der Waals surface area contributed by atoms with E-state index in [2.05, 4.69) is 10.3 Å². The van der Waals surface area contributed by atoms with E-state index in [4.69, 9.17) is 9.47 Å². The summed E-state index contributed by atoms with van der Waals surface area (Å²) in [7, 11) is -1.72. The summed E-state index contributed by atoms with van der Waals surface area (Å²) in [6.07, 6.45) is -0.00465. The lowest BCUT2D eigenvalue weighted by atomic mass is 10.3. The Morgan fingerprint density at radius 1 is 1.19 bits per heavy atom. The fourth-order valence-corrected chi connectivity index (χ4v) is 4.23. The molecule has 178 valence electrons. The van der Waals surface area contributed by atoms with E-state index in [1.807, 2.05) is 18.7 Å². The number of benzene rings is 1. The van der Waals surface area contributed by atoms with Crippen molar-refractivity contribution in [2.24, 2.45) is 4.99 Å². The van der Waals surface area contributed by atoms with Gasteiger partial charge in [0, 0.05) is 39.3 Å². The van der Waals surface area contributed by atoms with Crippen molar-refractivity contribution in [1.82, 2.24) is 14.5 Å². The van der Waals surface area contributed by atoms with E-state index in [1.165, 1.54) is 10.4 Å². The normalized spacial score (nSPS) is 15.7. The lowest BCUT2D eigenvalue weighted by molar-refractivity contribution is 0.0904. The number of aliphatic imine (C=N–C) groups is 1. The van der Waals surface area contributed by atoms with Crippen LogP contribution in [0, 0.1) is 11.6 Å². The zero-order valence-corrected chi connectivity index (χ0v) is 21.2. The Hall–Kier alpha value is -1.25. The Labute approximate surface area is 200 Å². The van der Waals surface area contributed by atoms with E-state index in [0.717, 1.165) is 12.1 Å². The zero-order chi connectivity index (χ0) is 22.1. The zero-order valence-electron chi connectivity index (χ0n) is 18.0. The minimum atomic E-state index is -3.35. The molecule has 0 aliphatic carbocycles. The number of ether oxygens (including phenoxy) is 2. The topological polar surface area (TPSA) is 83.5 Å². The molecule has 8 nitrogen and oxygen atoms in total. The van der Waals surface area contributed by atoms with Gasteiger partial charge in [-0.05, 0) is 26.0 Å². The molecule has 0 saturated carbocycles. The molecule has 2 rings (SSSR count). The Morgan fingerprint density at radius 2 is 1.87 bits per heavy atom. The Morgan fingerprint density at radius 3 is 2.45 bits per heavy atom. The summed E-state index contributed by atoms with van der Waals surface area (Å²) >= 11 is 0. The van der Waals surface area contributed by atoms with E-state index in [-0.39, 0.29) is 54.8 Å². The molecule has 1 aliphatic rings. The maximum absolute atomic E-state index is 13.6. The van der Waals surface area contributed by atoms with Crippen molar-refractivity contribution in [1.29, 1.82) is 0 Å². The smallest absolute Gasteiger partial charge is 0.216 e. The molecule has 0 atom stereocenters. The fourth-order valence-electron chi connectivity index (χ4n) is 2.94. The molecule has 0 aromatic heterocycles. The summed E-state index contributed by atoms with van der Waals surface area (Å²) < 4.78 is 63.4. The van der Waals surface area contributed by atoms with Crippen molar-refractivity contribution in [3.05, 3.63) is 29.8 Å². The predicted octanol–water partition coefficient (Wildman–Crippen LogP) is 1.91. The average Bonchev–Trinajstić information content (AvgIpc) is 2.69. The predicted molar refractivity (Wildman–Crippen MR) is 127 cm³/mol. The number of nitrogens with one attached hydrogen (secondary N) is 1. The van der Waals surface area contributed by atoms with Crippen LogP contribution in [0.2, 0.25) is 0 Å². The summed E-state index contributed by atoms with van der Waals surface area (Å²) in [6.45, 7) is 6.15. The SMILES string of the molecule is CN=C(NCCOc1ccc(F)cc1F)N1CCN(S(=O)(=O)CCOC(C)C)CC1.I. The number of hydrogen-bond acceptors (Lipinski definition) is 5. The van der Waals surface area contributed by atoms with Gasteiger partial charge in [0.1, 0.15) is 12.4 Å². The quantitative estimate of drug-likeness (QED) is 0.210. The molecule has 1 aromatic rings. The first-order valence-corrected chi connectivity index (χ1v) is 11.5. The first-order chi connectivity index (χ1) is 14.2. The molecule has 1 fully saturated rings. The number of nitrogens with zero attached hydrogens (tertiary/aromatic N) is 3. The lowest BCUT2D eigenvalue weighted by Crippen LogP contribution is -2.54. The second kappa shape index (κ2) is 13.3. The molecule has 1 aliphatic heterocycles. The fraction of sp³-hybridized carbons (Fsp3) is 0.632. The third-order valence-electron chi connectivity index (χ3n) is 4.47. The number of guanidine groups is 1. The second-order valence-corrected chi connectivity index (χ2v) is 9.11. The highest BCUT2D eigenvalue weighted by atomic mass is 127.